The summed E-state index contributed by atoms with van der Waals surface area (Å²) in [6.07, 6.45) is 1.79. The minimum absolute atomic E-state index is 0. The average Bonchev–Trinajstić information content (AvgIpc) is 3.23. The molecule has 0 saturated carbocycles. The van der Waals surface area contributed by atoms with Crippen LogP contribution in [0.5, 0.6) is 0 Å². The molecule has 0 radical (unpaired) electrons. The van der Waals surface area contributed by atoms with Crippen LogP contribution in [0.25, 0.3) is 17.1 Å². The van der Waals surface area contributed by atoms with Crippen LogP contribution in [-0.4, -0.2) is 51.5 Å². The van der Waals surface area contributed by atoms with Crippen molar-refractivity contribution in [3.05, 3.63) is 47.5 Å². The monoisotopic (exact) mass is 374 g/mol. The SMILES string of the molecule is Cc1ccccc1-n1ncc(-c2nc(C3CNCCN3C)no2)c1C.Cl. The maximum absolute atomic E-state index is 5.54. The zero-order valence-electron chi connectivity index (χ0n) is 15.1. The van der Waals surface area contributed by atoms with Gasteiger partial charge in [0.1, 0.15) is 0 Å². The van der Waals surface area contributed by atoms with Gasteiger partial charge in [-0.3, -0.25) is 4.90 Å². The quantitative estimate of drug-likeness (QED) is 0.759. The van der Waals surface area contributed by atoms with Crippen LogP contribution in [0.15, 0.2) is 35.0 Å². The van der Waals surface area contributed by atoms with Crippen molar-refractivity contribution in [3.8, 4) is 17.1 Å². The van der Waals surface area contributed by atoms with Crippen LogP contribution in [0.3, 0.4) is 0 Å². The number of hydrogen-bond donors (Lipinski definition) is 1. The Morgan fingerprint density at radius 2 is 2.04 bits per heavy atom. The van der Waals surface area contributed by atoms with Gasteiger partial charge in [-0.25, -0.2) is 4.68 Å². The van der Waals surface area contributed by atoms with Crippen molar-refractivity contribution in [1.82, 2.24) is 30.1 Å². The van der Waals surface area contributed by atoms with E-state index >= 15 is 0 Å². The van der Waals surface area contributed by atoms with Crippen LogP contribution in [0.4, 0.5) is 0 Å². The fourth-order valence-corrected chi connectivity index (χ4v) is 3.24. The van der Waals surface area contributed by atoms with Crippen LogP contribution in [0.2, 0.25) is 0 Å². The van der Waals surface area contributed by atoms with Gasteiger partial charge in [0, 0.05) is 19.6 Å². The normalized spacial score (nSPS) is 17.9. The third kappa shape index (κ3) is 3.25. The number of hydrogen-bond acceptors (Lipinski definition) is 6. The number of aryl methyl sites for hydroxylation is 1. The molecular weight excluding hydrogens is 352 g/mol. The second kappa shape index (κ2) is 7.57. The van der Waals surface area contributed by atoms with Gasteiger partial charge in [-0.05, 0) is 32.5 Å². The maximum atomic E-state index is 5.54. The Hall–Kier alpha value is -2.22. The lowest BCUT2D eigenvalue weighted by atomic mass is 10.2. The molecule has 1 fully saturated rings. The fraction of sp³-hybridized carbons (Fsp3) is 0.389. The number of halogens is 1. The van der Waals surface area contributed by atoms with Crippen molar-refractivity contribution >= 4 is 12.4 Å². The molecule has 1 aliphatic heterocycles. The van der Waals surface area contributed by atoms with E-state index in [0.29, 0.717) is 11.7 Å². The van der Waals surface area contributed by atoms with Gasteiger partial charge in [-0.15, -0.1) is 12.4 Å². The molecule has 138 valence electrons. The number of para-hydroxylation sites is 1. The van der Waals surface area contributed by atoms with E-state index < -0.39 is 0 Å². The molecule has 8 heteroatoms. The first-order valence-electron chi connectivity index (χ1n) is 8.50. The predicted octanol–water partition coefficient (Wildman–Crippen LogP) is 2.54. The Balaban J connectivity index is 0.00000196. The molecule has 3 aromatic rings. The van der Waals surface area contributed by atoms with Crippen LogP contribution < -0.4 is 5.32 Å². The van der Waals surface area contributed by atoms with Gasteiger partial charge in [0.15, 0.2) is 5.82 Å². The molecule has 26 heavy (non-hydrogen) atoms. The zero-order valence-corrected chi connectivity index (χ0v) is 16.0. The Labute approximate surface area is 158 Å². The summed E-state index contributed by atoms with van der Waals surface area (Å²) in [5, 5.41) is 12.1. The number of rotatable bonds is 3. The Morgan fingerprint density at radius 1 is 1.23 bits per heavy atom. The van der Waals surface area contributed by atoms with Crippen LogP contribution in [-0.2, 0) is 0 Å². The van der Waals surface area contributed by atoms with Gasteiger partial charge >= 0.3 is 0 Å². The number of aromatic nitrogens is 4. The highest BCUT2D eigenvalue weighted by Gasteiger charge is 2.26. The van der Waals surface area contributed by atoms with Crippen molar-refractivity contribution in [2.24, 2.45) is 0 Å². The molecule has 0 spiro atoms. The molecule has 1 aromatic carbocycles. The number of likely N-dealkylation sites (N-methyl/N-ethyl adjacent to an activating group) is 1. The summed E-state index contributed by atoms with van der Waals surface area (Å²) in [6, 6.07) is 8.31. The summed E-state index contributed by atoms with van der Waals surface area (Å²) in [5.41, 5.74) is 4.08. The molecule has 7 nitrogen and oxygen atoms in total. The summed E-state index contributed by atoms with van der Waals surface area (Å²) in [4.78, 5) is 6.88. The van der Waals surface area contributed by atoms with E-state index in [1.54, 1.807) is 6.20 Å². The van der Waals surface area contributed by atoms with Gasteiger partial charge in [0.05, 0.1) is 29.2 Å². The Bertz CT molecular complexity index is 889. The molecule has 1 N–H and O–H groups in total. The van der Waals surface area contributed by atoms with E-state index in [-0.39, 0.29) is 18.4 Å². The molecule has 0 bridgehead atoms. The fourth-order valence-electron chi connectivity index (χ4n) is 3.24. The molecule has 1 unspecified atom stereocenters. The summed E-state index contributed by atoms with van der Waals surface area (Å²) in [5.74, 6) is 1.24. The van der Waals surface area contributed by atoms with Crippen molar-refractivity contribution in [2.75, 3.05) is 26.7 Å². The number of nitrogens with one attached hydrogen (secondary N) is 1. The molecule has 4 rings (SSSR count). The molecule has 0 aliphatic carbocycles. The van der Waals surface area contributed by atoms with Crippen molar-refractivity contribution in [3.63, 3.8) is 0 Å². The van der Waals surface area contributed by atoms with Crippen LogP contribution in [0, 0.1) is 13.8 Å². The van der Waals surface area contributed by atoms with E-state index in [2.05, 4.69) is 51.6 Å². The number of piperazine rings is 1. The highest BCUT2D eigenvalue weighted by molar-refractivity contribution is 5.85. The van der Waals surface area contributed by atoms with Crippen molar-refractivity contribution < 1.29 is 4.52 Å². The predicted molar refractivity (Wildman–Crippen MR) is 102 cm³/mol. The third-order valence-electron chi connectivity index (χ3n) is 4.83. The van der Waals surface area contributed by atoms with E-state index in [1.165, 1.54) is 5.56 Å². The minimum Gasteiger partial charge on any atom is -0.334 e. The molecule has 1 saturated heterocycles. The lowest BCUT2D eigenvalue weighted by Crippen LogP contribution is -2.44. The number of nitrogens with zero attached hydrogens (tertiary/aromatic N) is 5. The Morgan fingerprint density at radius 3 is 2.81 bits per heavy atom. The van der Waals surface area contributed by atoms with Crippen molar-refractivity contribution in [2.45, 2.75) is 19.9 Å². The first-order valence-corrected chi connectivity index (χ1v) is 8.50. The molecule has 0 amide bonds. The van der Waals surface area contributed by atoms with E-state index in [4.69, 9.17) is 4.52 Å². The van der Waals surface area contributed by atoms with Crippen LogP contribution in [0.1, 0.15) is 23.1 Å². The summed E-state index contributed by atoms with van der Waals surface area (Å²) in [6.45, 7) is 6.88. The molecular formula is C18H23ClN6O. The van der Waals surface area contributed by atoms with E-state index in [1.807, 2.05) is 23.7 Å². The first kappa shape index (κ1) is 18.6. The molecule has 1 aliphatic rings. The topological polar surface area (TPSA) is 72.0 Å². The minimum atomic E-state index is 0. The summed E-state index contributed by atoms with van der Waals surface area (Å²) < 4.78 is 7.46. The first-order chi connectivity index (χ1) is 12.1. The number of benzene rings is 1. The van der Waals surface area contributed by atoms with Gasteiger partial charge in [-0.1, -0.05) is 23.4 Å². The molecule has 2 aromatic heterocycles. The molecule has 3 heterocycles. The van der Waals surface area contributed by atoms with Gasteiger partial charge in [0.2, 0.25) is 0 Å². The highest BCUT2D eigenvalue weighted by atomic mass is 35.5. The standard InChI is InChI=1S/C18H22N6O.ClH/c1-12-6-4-5-7-15(12)24-13(2)14(10-20-24)18-21-17(22-25-18)16-11-19-8-9-23(16)3;/h4-7,10,16,19H,8-9,11H2,1-3H3;1H. The largest absolute Gasteiger partial charge is 0.334 e. The average molecular weight is 375 g/mol. The molecule has 1 atom stereocenters. The van der Waals surface area contributed by atoms with Crippen LogP contribution >= 0.6 is 12.4 Å². The third-order valence-corrected chi connectivity index (χ3v) is 4.83. The maximum Gasteiger partial charge on any atom is 0.261 e. The zero-order chi connectivity index (χ0) is 17.4. The lowest BCUT2D eigenvalue weighted by molar-refractivity contribution is 0.190. The summed E-state index contributed by atoms with van der Waals surface area (Å²) in [7, 11) is 2.09. The second-order valence-corrected chi connectivity index (χ2v) is 6.50. The highest BCUT2D eigenvalue weighted by Crippen LogP contribution is 2.27. The van der Waals surface area contributed by atoms with Gasteiger partial charge < -0.3 is 9.84 Å². The Kier molecular flexibility index (Phi) is 5.41. The summed E-state index contributed by atoms with van der Waals surface area (Å²) >= 11 is 0. The van der Waals surface area contributed by atoms with Gasteiger partial charge in [0.25, 0.3) is 5.89 Å². The lowest BCUT2D eigenvalue weighted by Gasteiger charge is -2.30. The second-order valence-electron chi connectivity index (χ2n) is 6.50. The van der Waals surface area contributed by atoms with Gasteiger partial charge in [-0.2, -0.15) is 10.1 Å². The van der Waals surface area contributed by atoms with E-state index in [9.17, 15) is 0 Å². The van der Waals surface area contributed by atoms with E-state index in [0.717, 1.165) is 36.6 Å². The smallest absolute Gasteiger partial charge is 0.261 e. The van der Waals surface area contributed by atoms with Crippen molar-refractivity contribution in [1.29, 1.82) is 0 Å².